The molecule has 1 aliphatic heterocycles. The minimum Gasteiger partial charge on any atom is -0.496 e. The number of hydrogen-bond acceptors (Lipinski definition) is 6. The summed E-state index contributed by atoms with van der Waals surface area (Å²) in [6.07, 6.45) is 0. The summed E-state index contributed by atoms with van der Waals surface area (Å²) < 4.78 is 40.4. The lowest BCUT2D eigenvalue weighted by atomic mass is 10.1. The average Bonchev–Trinajstić information content (AvgIpc) is 3.15. The van der Waals surface area contributed by atoms with Gasteiger partial charge in [-0.05, 0) is 38.1 Å². The van der Waals surface area contributed by atoms with Crippen molar-refractivity contribution in [1.29, 1.82) is 0 Å². The Kier molecular flexibility index (Phi) is 6.57. The molecule has 0 aliphatic carbocycles. The van der Waals surface area contributed by atoms with Gasteiger partial charge < -0.3 is 14.0 Å². The van der Waals surface area contributed by atoms with Crippen molar-refractivity contribution in [2.24, 2.45) is 0 Å². The van der Waals surface area contributed by atoms with Gasteiger partial charge in [0.25, 0.3) is 0 Å². The van der Waals surface area contributed by atoms with Crippen LogP contribution in [-0.2, 0) is 27.1 Å². The smallest absolute Gasteiger partial charge is 0.243 e. The molecule has 0 atom stereocenters. The molecule has 2 aromatic carbocycles. The van der Waals surface area contributed by atoms with Gasteiger partial charge in [-0.3, -0.25) is 0 Å². The molecule has 0 spiro atoms. The van der Waals surface area contributed by atoms with Crippen LogP contribution in [0.2, 0.25) is 0 Å². The summed E-state index contributed by atoms with van der Waals surface area (Å²) in [6, 6.07) is 11.4. The Labute approximate surface area is 187 Å². The Hall–Kier alpha value is -2.07. The Morgan fingerprint density at radius 2 is 1.94 bits per heavy atom. The lowest BCUT2D eigenvalue weighted by molar-refractivity contribution is 0.0730. The van der Waals surface area contributed by atoms with Crippen molar-refractivity contribution < 1.29 is 17.9 Å². The van der Waals surface area contributed by atoms with Crippen molar-refractivity contribution in [3.05, 3.63) is 47.5 Å². The highest BCUT2D eigenvalue weighted by Gasteiger charge is 2.27. The third-order valence-corrected chi connectivity index (χ3v) is 8.32. The molecule has 31 heavy (non-hydrogen) atoms. The molecular weight excluding hydrogens is 434 g/mol. The Balaban J connectivity index is 1.64. The van der Waals surface area contributed by atoms with Gasteiger partial charge in [-0.15, -0.1) is 0 Å². The highest BCUT2D eigenvalue weighted by Crippen LogP contribution is 2.31. The third kappa shape index (κ3) is 4.45. The first-order chi connectivity index (χ1) is 14.9. The number of aryl methyl sites for hydroxylation is 2. The summed E-state index contributed by atoms with van der Waals surface area (Å²) in [5.41, 5.74) is 3.91. The van der Waals surface area contributed by atoms with Crippen molar-refractivity contribution in [2.45, 2.75) is 36.2 Å². The molecule has 0 radical (unpaired) electrons. The van der Waals surface area contributed by atoms with Crippen molar-refractivity contribution >= 4 is 32.8 Å². The molecule has 3 aromatic rings. The number of imidazole rings is 1. The Bertz CT molecular complexity index is 1180. The number of rotatable bonds is 7. The van der Waals surface area contributed by atoms with Gasteiger partial charge in [0, 0.05) is 31.0 Å². The second kappa shape index (κ2) is 9.20. The Morgan fingerprint density at radius 1 is 1.16 bits per heavy atom. The number of thioether (sulfide) groups is 1. The van der Waals surface area contributed by atoms with E-state index in [0.717, 1.165) is 28.5 Å². The summed E-state index contributed by atoms with van der Waals surface area (Å²) >= 11 is 1.63. The number of nitrogens with zero attached hydrogens (tertiary/aromatic N) is 3. The largest absolute Gasteiger partial charge is 0.496 e. The molecule has 9 heteroatoms. The molecule has 1 aromatic heterocycles. The molecule has 1 saturated heterocycles. The van der Waals surface area contributed by atoms with Crippen molar-refractivity contribution in [3.63, 3.8) is 0 Å². The van der Waals surface area contributed by atoms with Crippen LogP contribution in [0.25, 0.3) is 11.0 Å². The Morgan fingerprint density at radius 3 is 2.65 bits per heavy atom. The normalized spacial score (nSPS) is 15.5. The van der Waals surface area contributed by atoms with Gasteiger partial charge in [-0.2, -0.15) is 4.31 Å². The van der Waals surface area contributed by atoms with Gasteiger partial charge in [0.15, 0.2) is 5.16 Å². The minimum absolute atomic E-state index is 0.277. The van der Waals surface area contributed by atoms with Gasteiger partial charge in [-0.1, -0.05) is 29.5 Å². The van der Waals surface area contributed by atoms with Crippen molar-refractivity contribution in [2.75, 3.05) is 33.4 Å². The standard InChI is InChI=1S/C22H27N3O4S2/c1-4-25-20-7-6-18(31(26,27)24-9-11-29-12-10-24)14-19(20)23-22(25)30-15-17-13-16(2)5-8-21(17)28-3/h5-8,13-14H,4,9-12,15H2,1-3H3. The molecule has 4 rings (SSSR count). The number of sulfonamides is 1. The van der Waals surface area contributed by atoms with Crippen LogP contribution in [0.15, 0.2) is 46.5 Å². The molecular formula is C22H27N3O4S2. The molecule has 1 aliphatic rings. The van der Waals surface area contributed by atoms with Crippen LogP contribution in [0.5, 0.6) is 5.75 Å². The summed E-state index contributed by atoms with van der Waals surface area (Å²) in [4.78, 5) is 5.05. The lowest BCUT2D eigenvalue weighted by Crippen LogP contribution is -2.40. The number of hydrogen-bond donors (Lipinski definition) is 0. The first kappa shape index (κ1) is 22.1. The topological polar surface area (TPSA) is 73.7 Å². The fraction of sp³-hybridized carbons (Fsp3) is 0.409. The number of fused-ring (bicyclic) bond motifs is 1. The molecule has 166 valence electrons. The number of benzene rings is 2. The van der Waals surface area contributed by atoms with Crippen molar-refractivity contribution in [1.82, 2.24) is 13.9 Å². The first-order valence-corrected chi connectivity index (χ1v) is 12.7. The molecule has 7 nitrogen and oxygen atoms in total. The summed E-state index contributed by atoms with van der Waals surface area (Å²) in [7, 11) is -1.87. The van der Waals surface area contributed by atoms with Gasteiger partial charge in [0.05, 0.1) is 36.3 Å². The van der Waals surface area contributed by atoms with E-state index in [1.807, 2.05) is 18.2 Å². The van der Waals surface area contributed by atoms with E-state index in [0.29, 0.717) is 37.6 Å². The predicted molar refractivity (Wildman–Crippen MR) is 122 cm³/mol. The molecule has 0 N–H and O–H groups in total. The number of ether oxygens (including phenoxy) is 2. The number of aromatic nitrogens is 2. The van der Waals surface area contributed by atoms with Gasteiger partial charge in [0.1, 0.15) is 5.75 Å². The van der Waals surface area contributed by atoms with E-state index in [1.54, 1.807) is 31.0 Å². The molecule has 0 amide bonds. The van der Waals surface area contributed by atoms with Crippen LogP contribution in [0.4, 0.5) is 0 Å². The number of methoxy groups -OCH3 is 1. The number of morpholine rings is 1. The van der Waals surface area contributed by atoms with E-state index in [-0.39, 0.29) is 4.90 Å². The lowest BCUT2D eigenvalue weighted by Gasteiger charge is -2.26. The minimum atomic E-state index is -3.55. The monoisotopic (exact) mass is 461 g/mol. The van der Waals surface area contributed by atoms with Crippen LogP contribution in [0.3, 0.4) is 0 Å². The zero-order valence-electron chi connectivity index (χ0n) is 18.0. The van der Waals surface area contributed by atoms with Crippen LogP contribution >= 0.6 is 11.8 Å². The molecule has 0 bridgehead atoms. The maximum atomic E-state index is 13.0. The highest BCUT2D eigenvalue weighted by atomic mass is 32.2. The van der Waals surface area contributed by atoms with E-state index in [4.69, 9.17) is 14.5 Å². The third-order valence-electron chi connectivity index (χ3n) is 5.40. The van der Waals surface area contributed by atoms with E-state index in [9.17, 15) is 8.42 Å². The molecule has 1 fully saturated rings. The van der Waals surface area contributed by atoms with Gasteiger partial charge in [-0.25, -0.2) is 13.4 Å². The van der Waals surface area contributed by atoms with Gasteiger partial charge in [0.2, 0.25) is 10.0 Å². The van der Waals surface area contributed by atoms with Crippen LogP contribution in [0.1, 0.15) is 18.1 Å². The van der Waals surface area contributed by atoms with E-state index >= 15 is 0 Å². The van der Waals surface area contributed by atoms with Crippen LogP contribution < -0.4 is 4.74 Å². The maximum absolute atomic E-state index is 13.0. The summed E-state index contributed by atoms with van der Waals surface area (Å²) in [6.45, 7) is 6.48. The van der Waals surface area contributed by atoms with E-state index in [1.165, 1.54) is 9.87 Å². The molecule has 2 heterocycles. The van der Waals surface area contributed by atoms with E-state index in [2.05, 4.69) is 24.5 Å². The predicted octanol–water partition coefficient (Wildman–Crippen LogP) is 3.69. The zero-order chi connectivity index (χ0) is 22.0. The molecule has 0 unspecified atom stereocenters. The highest BCUT2D eigenvalue weighted by molar-refractivity contribution is 7.98. The van der Waals surface area contributed by atoms with Gasteiger partial charge >= 0.3 is 0 Å². The summed E-state index contributed by atoms with van der Waals surface area (Å²) in [5.74, 6) is 1.57. The van der Waals surface area contributed by atoms with Crippen LogP contribution in [0, 0.1) is 6.92 Å². The second-order valence-electron chi connectivity index (χ2n) is 7.41. The van der Waals surface area contributed by atoms with Crippen molar-refractivity contribution in [3.8, 4) is 5.75 Å². The SMILES string of the molecule is CCn1c(SCc2cc(C)ccc2OC)nc2cc(S(=O)(=O)N3CCOCC3)ccc21. The second-order valence-corrected chi connectivity index (χ2v) is 10.3. The van der Waals surface area contributed by atoms with E-state index < -0.39 is 10.0 Å². The average molecular weight is 462 g/mol. The fourth-order valence-electron chi connectivity index (χ4n) is 3.76. The summed E-state index contributed by atoms with van der Waals surface area (Å²) in [5, 5.41) is 0.863. The molecule has 0 saturated carbocycles. The first-order valence-electron chi connectivity index (χ1n) is 10.3. The zero-order valence-corrected chi connectivity index (χ0v) is 19.6. The fourth-order valence-corrected chi connectivity index (χ4v) is 6.25. The van der Waals surface area contributed by atoms with Crippen LogP contribution in [-0.4, -0.2) is 55.7 Å². The quantitative estimate of drug-likeness (QED) is 0.500. The maximum Gasteiger partial charge on any atom is 0.243 e.